The average molecular weight is 310 g/mol. The lowest BCUT2D eigenvalue weighted by atomic mass is 10.3. The van der Waals surface area contributed by atoms with Crippen LogP contribution in [0.3, 0.4) is 0 Å². The fourth-order valence-electron chi connectivity index (χ4n) is 1.82. The Morgan fingerprint density at radius 2 is 2.30 bits per heavy atom. The van der Waals surface area contributed by atoms with Crippen LogP contribution >= 0.6 is 22.9 Å². The Morgan fingerprint density at radius 1 is 1.45 bits per heavy atom. The number of nitrogens with one attached hydrogen (secondary N) is 1. The first kappa shape index (κ1) is 13.8. The van der Waals surface area contributed by atoms with E-state index in [0.29, 0.717) is 11.1 Å². The van der Waals surface area contributed by atoms with Gasteiger partial charge in [-0.05, 0) is 38.0 Å². The molecule has 1 atom stereocenters. The standard InChI is InChI=1S/C14H16ClN3OS/c1-9(19-12-4-2-3-10(15)7-12)14-18-17-13(20-14)8-16-11-5-6-11/h2-4,7,9,11,16H,5-6,8H2,1H3. The fourth-order valence-corrected chi connectivity index (χ4v) is 2.77. The lowest BCUT2D eigenvalue weighted by molar-refractivity contribution is 0.225. The largest absolute Gasteiger partial charge is 0.483 e. The summed E-state index contributed by atoms with van der Waals surface area (Å²) in [6, 6.07) is 8.07. The van der Waals surface area contributed by atoms with E-state index in [-0.39, 0.29) is 6.10 Å². The molecule has 0 spiro atoms. The molecule has 1 fully saturated rings. The van der Waals surface area contributed by atoms with E-state index >= 15 is 0 Å². The van der Waals surface area contributed by atoms with Crippen LogP contribution in [0.15, 0.2) is 24.3 Å². The van der Waals surface area contributed by atoms with E-state index in [0.717, 1.165) is 22.3 Å². The molecule has 0 saturated heterocycles. The van der Waals surface area contributed by atoms with E-state index in [1.165, 1.54) is 12.8 Å². The summed E-state index contributed by atoms with van der Waals surface area (Å²) in [5.41, 5.74) is 0. The van der Waals surface area contributed by atoms with Gasteiger partial charge >= 0.3 is 0 Å². The number of nitrogens with zero attached hydrogens (tertiary/aromatic N) is 2. The zero-order chi connectivity index (χ0) is 13.9. The highest BCUT2D eigenvalue weighted by Crippen LogP contribution is 2.26. The van der Waals surface area contributed by atoms with Gasteiger partial charge < -0.3 is 10.1 Å². The van der Waals surface area contributed by atoms with Crippen molar-refractivity contribution in [3.8, 4) is 5.75 Å². The predicted molar refractivity (Wildman–Crippen MR) is 80.3 cm³/mol. The smallest absolute Gasteiger partial charge is 0.157 e. The monoisotopic (exact) mass is 309 g/mol. The second kappa shape index (κ2) is 6.08. The molecule has 0 bridgehead atoms. The van der Waals surface area contributed by atoms with E-state index < -0.39 is 0 Å². The number of ether oxygens (including phenoxy) is 1. The second-order valence-corrected chi connectivity index (χ2v) is 6.44. The molecular weight excluding hydrogens is 294 g/mol. The normalized spacial score (nSPS) is 16.1. The molecule has 1 heterocycles. The third kappa shape index (κ3) is 3.69. The van der Waals surface area contributed by atoms with Crippen LogP contribution in [0.1, 0.15) is 35.9 Å². The first-order valence-electron chi connectivity index (χ1n) is 6.68. The molecule has 6 heteroatoms. The molecule has 106 valence electrons. The quantitative estimate of drug-likeness (QED) is 0.886. The zero-order valence-electron chi connectivity index (χ0n) is 11.2. The minimum Gasteiger partial charge on any atom is -0.483 e. The third-order valence-corrected chi connectivity index (χ3v) is 4.38. The van der Waals surface area contributed by atoms with Crippen molar-refractivity contribution in [2.24, 2.45) is 0 Å². The molecule has 1 unspecified atom stereocenters. The summed E-state index contributed by atoms with van der Waals surface area (Å²) < 4.78 is 5.84. The maximum absolute atomic E-state index is 5.94. The molecule has 20 heavy (non-hydrogen) atoms. The van der Waals surface area contributed by atoms with E-state index in [1.807, 2.05) is 25.1 Å². The van der Waals surface area contributed by atoms with Crippen molar-refractivity contribution in [3.05, 3.63) is 39.3 Å². The van der Waals surface area contributed by atoms with E-state index in [9.17, 15) is 0 Å². The van der Waals surface area contributed by atoms with Crippen molar-refractivity contribution in [1.29, 1.82) is 0 Å². The first-order chi connectivity index (χ1) is 9.70. The second-order valence-electron chi connectivity index (χ2n) is 4.91. The minimum atomic E-state index is -0.124. The molecule has 4 nitrogen and oxygen atoms in total. The van der Waals surface area contributed by atoms with Crippen molar-refractivity contribution in [3.63, 3.8) is 0 Å². The summed E-state index contributed by atoms with van der Waals surface area (Å²) in [6.07, 6.45) is 2.43. The van der Waals surface area contributed by atoms with Gasteiger partial charge in [-0.25, -0.2) is 0 Å². The van der Waals surface area contributed by atoms with E-state index in [1.54, 1.807) is 17.4 Å². The number of halogens is 1. The van der Waals surface area contributed by atoms with Gasteiger partial charge in [0.05, 0.1) is 0 Å². The molecule has 0 amide bonds. The zero-order valence-corrected chi connectivity index (χ0v) is 12.7. The maximum Gasteiger partial charge on any atom is 0.157 e. The summed E-state index contributed by atoms with van der Waals surface area (Å²) in [4.78, 5) is 0. The van der Waals surface area contributed by atoms with Crippen LogP contribution in [0.2, 0.25) is 5.02 Å². The molecule has 1 aliphatic carbocycles. The van der Waals surface area contributed by atoms with Crippen LogP contribution in [0.5, 0.6) is 5.75 Å². The summed E-state index contributed by atoms with van der Waals surface area (Å²) >= 11 is 7.53. The molecule has 1 aliphatic rings. The van der Waals surface area contributed by atoms with Gasteiger partial charge in [0.25, 0.3) is 0 Å². The van der Waals surface area contributed by atoms with Gasteiger partial charge in [0.1, 0.15) is 16.9 Å². The molecule has 2 aromatic rings. The van der Waals surface area contributed by atoms with Crippen molar-refractivity contribution >= 4 is 22.9 Å². The highest BCUT2D eigenvalue weighted by Gasteiger charge is 2.21. The molecular formula is C14H16ClN3OS. The van der Waals surface area contributed by atoms with Gasteiger partial charge in [0.2, 0.25) is 0 Å². The SMILES string of the molecule is CC(Oc1cccc(Cl)c1)c1nnc(CNC2CC2)s1. The fraction of sp³-hybridized carbons (Fsp3) is 0.429. The topological polar surface area (TPSA) is 47.0 Å². The van der Waals surface area contributed by atoms with Crippen molar-refractivity contribution in [1.82, 2.24) is 15.5 Å². The van der Waals surface area contributed by atoms with Crippen molar-refractivity contribution < 1.29 is 4.74 Å². The molecule has 1 aromatic carbocycles. The van der Waals surface area contributed by atoms with Gasteiger partial charge in [-0.2, -0.15) is 0 Å². The summed E-state index contributed by atoms with van der Waals surface area (Å²) in [6.45, 7) is 2.77. The van der Waals surface area contributed by atoms with Crippen LogP contribution in [-0.4, -0.2) is 16.2 Å². The van der Waals surface area contributed by atoms with Crippen molar-refractivity contribution in [2.75, 3.05) is 0 Å². The predicted octanol–water partition coefficient (Wildman–Crippen LogP) is 3.58. The van der Waals surface area contributed by atoms with Crippen LogP contribution in [0.25, 0.3) is 0 Å². The number of hydrogen-bond donors (Lipinski definition) is 1. The van der Waals surface area contributed by atoms with Crippen molar-refractivity contribution in [2.45, 2.75) is 38.5 Å². The third-order valence-electron chi connectivity index (χ3n) is 3.06. The molecule has 1 N–H and O–H groups in total. The highest BCUT2D eigenvalue weighted by atomic mass is 35.5. The van der Waals surface area contributed by atoms with Gasteiger partial charge in [0.15, 0.2) is 5.01 Å². The number of rotatable bonds is 6. The first-order valence-corrected chi connectivity index (χ1v) is 7.88. The van der Waals surface area contributed by atoms with Gasteiger partial charge in [-0.3, -0.25) is 0 Å². The molecule has 0 aliphatic heterocycles. The molecule has 3 rings (SSSR count). The van der Waals surface area contributed by atoms with E-state index in [4.69, 9.17) is 16.3 Å². The molecule has 0 radical (unpaired) electrons. The molecule has 1 saturated carbocycles. The van der Waals surface area contributed by atoms with Crippen LogP contribution < -0.4 is 10.1 Å². The van der Waals surface area contributed by atoms with Gasteiger partial charge in [-0.15, -0.1) is 10.2 Å². The Balaban J connectivity index is 1.59. The number of benzene rings is 1. The van der Waals surface area contributed by atoms with Gasteiger partial charge in [0, 0.05) is 17.6 Å². The maximum atomic E-state index is 5.94. The summed E-state index contributed by atoms with van der Waals surface area (Å²) in [5.74, 6) is 0.748. The average Bonchev–Trinajstić information content (AvgIpc) is 3.13. The Morgan fingerprint density at radius 3 is 3.05 bits per heavy atom. The minimum absolute atomic E-state index is 0.124. The van der Waals surface area contributed by atoms with Crippen LogP contribution in [0, 0.1) is 0 Å². The van der Waals surface area contributed by atoms with Crippen LogP contribution in [0.4, 0.5) is 0 Å². The van der Waals surface area contributed by atoms with Crippen LogP contribution in [-0.2, 0) is 6.54 Å². The number of hydrogen-bond acceptors (Lipinski definition) is 5. The Labute approximate surface area is 127 Å². The highest BCUT2D eigenvalue weighted by molar-refractivity contribution is 7.11. The summed E-state index contributed by atoms with van der Waals surface area (Å²) in [7, 11) is 0. The lowest BCUT2D eigenvalue weighted by Crippen LogP contribution is -2.14. The summed E-state index contributed by atoms with van der Waals surface area (Å²) in [5, 5.41) is 14.4. The van der Waals surface area contributed by atoms with Gasteiger partial charge in [-0.1, -0.05) is 29.0 Å². The Kier molecular flexibility index (Phi) is 4.19. The Hall–Kier alpha value is -1.17. The molecule has 1 aromatic heterocycles. The lowest BCUT2D eigenvalue weighted by Gasteiger charge is -2.11. The number of aromatic nitrogens is 2. The van der Waals surface area contributed by atoms with E-state index in [2.05, 4.69) is 15.5 Å². The Bertz CT molecular complexity index is 585.